The molecule has 0 aliphatic carbocycles. The fourth-order valence-corrected chi connectivity index (χ4v) is 2.34. The van der Waals surface area contributed by atoms with Gasteiger partial charge >= 0.3 is 11.9 Å². The third-order valence-electron chi connectivity index (χ3n) is 3.55. The molecule has 0 aliphatic rings. The molecular formula is C19H23FN2O6. The number of carboxylic acid groups (broad SMARTS) is 1. The van der Waals surface area contributed by atoms with Crippen LogP contribution in [0.1, 0.15) is 25.8 Å². The van der Waals surface area contributed by atoms with Crippen molar-refractivity contribution in [2.75, 3.05) is 6.61 Å². The molecule has 2 atom stereocenters. The van der Waals surface area contributed by atoms with Crippen LogP contribution in [0.3, 0.4) is 0 Å². The second-order valence-corrected chi connectivity index (χ2v) is 5.88. The Bertz CT molecular complexity index is 750. The van der Waals surface area contributed by atoms with Gasteiger partial charge in [-0.05, 0) is 31.0 Å². The number of nitrogens with one attached hydrogen (secondary N) is 2. The maximum atomic E-state index is 13.3. The van der Waals surface area contributed by atoms with Gasteiger partial charge in [-0.2, -0.15) is 0 Å². The maximum absolute atomic E-state index is 13.3. The van der Waals surface area contributed by atoms with Gasteiger partial charge in [-0.25, -0.2) is 14.0 Å². The topological polar surface area (TPSA) is 122 Å². The second-order valence-electron chi connectivity index (χ2n) is 5.88. The number of benzene rings is 1. The van der Waals surface area contributed by atoms with Crippen LogP contribution < -0.4 is 10.6 Å². The molecule has 1 rings (SSSR count). The Morgan fingerprint density at radius 3 is 2.50 bits per heavy atom. The van der Waals surface area contributed by atoms with E-state index in [2.05, 4.69) is 15.4 Å². The predicted octanol–water partition coefficient (Wildman–Crippen LogP) is 0.952. The van der Waals surface area contributed by atoms with Crippen LogP contribution in [-0.4, -0.2) is 47.6 Å². The molecule has 0 bridgehead atoms. The molecule has 0 heterocycles. The van der Waals surface area contributed by atoms with Crippen molar-refractivity contribution < 1.29 is 33.4 Å². The number of halogens is 1. The third kappa shape index (κ3) is 8.43. The molecule has 0 unspecified atom stereocenters. The zero-order valence-corrected chi connectivity index (χ0v) is 15.6. The van der Waals surface area contributed by atoms with Gasteiger partial charge in [0.25, 0.3) is 0 Å². The number of aliphatic carboxylic acids is 1. The highest BCUT2D eigenvalue weighted by Gasteiger charge is 2.25. The van der Waals surface area contributed by atoms with Gasteiger partial charge in [0, 0.05) is 19.4 Å². The molecule has 8 nitrogen and oxygen atoms in total. The Hall–Kier alpha value is -3.23. The van der Waals surface area contributed by atoms with E-state index in [0.29, 0.717) is 5.56 Å². The molecule has 0 spiro atoms. The van der Waals surface area contributed by atoms with Crippen LogP contribution in [0.2, 0.25) is 0 Å². The van der Waals surface area contributed by atoms with E-state index in [4.69, 9.17) is 0 Å². The number of hydrogen-bond acceptors (Lipinski definition) is 5. The van der Waals surface area contributed by atoms with Gasteiger partial charge in [0.15, 0.2) is 0 Å². The SMILES string of the molecule is CCOC(=O)/C=C/C[C@H](NC(=O)[C@H](Cc1cccc(F)c1)NC(C)=O)C(=O)O. The Balaban J connectivity index is 2.83. The lowest BCUT2D eigenvalue weighted by atomic mass is 10.0. The summed E-state index contributed by atoms with van der Waals surface area (Å²) in [5.74, 6) is -3.66. The van der Waals surface area contributed by atoms with E-state index in [-0.39, 0.29) is 19.4 Å². The van der Waals surface area contributed by atoms with Crippen LogP contribution in [0, 0.1) is 5.82 Å². The number of ether oxygens (including phenoxy) is 1. The van der Waals surface area contributed by atoms with Gasteiger partial charge in [0.2, 0.25) is 11.8 Å². The largest absolute Gasteiger partial charge is 0.480 e. The first-order valence-electron chi connectivity index (χ1n) is 8.61. The first-order chi connectivity index (χ1) is 13.2. The van der Waals surface area contributed by atoms with E-state index in [9.17, 15) is 28.7 Å². The van der Waals surface area contributed by atoms with E-state index in [1.165, 1.54) is 31.2 Å². The number of hydrogen-bond donors (Lipinski definition) is 3. The van der Waals surface area contributed by atoms with Crippen molar-refractivity contribution in [3.8, 4) is 0 Å². The van der Waals surface area contributed by atoms with Crippen LogP contribution in [-0.2, 0) is 30.3 Å². The van der Waals surface area contributed by atoms with E-state index in [1.54, 1.807) is 13.0 Å². The average Bonchev–Trinajstić information content (AvgIpc) is 2.60. The van der Waals surface area contributed by atoms with Crippen LogP contribution >= 0.6 is 0 Å². The Labute approximate surface area is 161 Å². The lowest BCUT2D eigenvalue weighted by molar-refractivity contribution is -0.142. The first-order valence-corrected chi connectivity index (χ1v) is 8.61. The van der Waals surface area contributed by atoms with Gasteiger partial charge in [-0.15, -0.1) is 0 Å². The number of esters is 1. The van der Waals surface area contributed by atoms with E-state index in [0.717, 1.165) is 6.08 Å². The minimum absolute atomic E-state index is 0.0197. The van der Waals surface area contributed by atoms with E-state index in [1.807, 2.05) is 0 Å². The lowest BCUT2D eigenvalue weighted by Gasteiger charge is -2.20. The number of carbonyl (C=O) groups excluding carboxylic acids is 3. The van der Waals surface area contributed by atoms with Gasteiger partial charge < -0.3 is 20.5 Å². The summed E-state index contributed by atoms with van der Waals surface area (Å²) in [7, 11) is 0. The standard InChI is InChI=1S/C19H23FN2O6/c1-3-28-17(24)9-5-8-15(19(26)27)22-18(25)16(21-12(2)23)11-13-6-4-7-14(20)10-13/h4-7,9-10,15-16H,3,8,11H2,1-2H3,(H,21,23)(H,22,25)(H,26,27)/b9-5+/t15-,16-/m0/s1. The molecule has 1 aromatic rings. The number of amides is 2. The highest BCUT2D eigenvalue weighted by molar-refractivity contribution is 5.90. The minimum atomic E-state index is -1.32. The van der Waals surface area contributed by atoms with Crippen LogP contribution in [0.5, 0.6) is 0 Å². The molecule has 2 amide bonds. The highest BCUT2D eigenvalue weighted by Crippen LogP contribution is 2.08. The van der Waals surface area contributed by atoms with Gasteiger partial charge in [0.05, 0.1) is 6.61 Å². The predicted molar refractivity (Wildman–Crippen MR) is 97.7 cm³/mol. The van der Waals surface area contributed by atoms with Crippen molar-refractivity contribution in [3.05, 3.63) is 47.8 Å². The fraction of sp³-hybridized carbons (Fsp3) is 0.368. The van der Waals surface area contributed by atoms with Crippen molar-refractivity contribution in [3.63, 3.8) is 0 Å². The second kappa shape index (κ2) is 11.5. The monoisotopic (exact) mass is 394 g/mol. The summed E-state index contributed by atoms with van der Waals surface area (Å²) in [5, 5.41) is 14.0. The van der Waals surface area contributed by atoms with Crippen LogP contribution in [0.4, 0.5) is 4.39 Å². The fourth-order valence-electron chi connectivity index (χ4n) is 2.34. The summed E-state index contributed by atoms with van der Waals surface area (Å²) in [6.45, 7) is 3.02. The van der Waals surface area contributed by atoms with Crippen LogP contribution in [0.15, 0.2) is 36.4 Å². The minimum Gasteiger partial charge on any atom is -0.480 e. The normalized spacial score (nSPS) is 12.8. The van der Waals surface area contributed by atoms with Gasteiger partial charge in [0.1, 0.15) is 17.9 Å². The Morgan fingerprint density at radius 1 is 1.21 bits per heavy atom. The van der Waals surface area contributed by atoms with Crippen molar-refractivity contribution in [2.45, 2.75) is 38.8 Å². The summed E-state index contributed by atoms with van der Waals surface area (Å²) in [4.78, 5) is 46.5. The molecular weight excluding hydrogens is 371 g/mol. The maximum Gasteiger partial charge on any atom is 0.330 e. The van der Waals surface area contributed by atoms with Crippen molar-refractivity contribution in [1.29, 1.82) is 0 Å². The number of carboxylic acids is 1. The summed E-state index contributed by atoms with van der Waals surface area (Å²) in [5.41, 5.74) is 0.461. The zero-order valence-electron chi connectivity index (χ0n) is 15.6. The van der Waals surface area contributed by atoms with E-state index < -0.39 is 41.7 Å². The molecule has 0 radical (unpaired) electrons. The third-order valence-corrected chi connectivity index (χ3v) is 3.55. The summed E-state index contributed by atoms with van der Waals surface area (Å²) < 4.78 is 18.0. The molecule has 0 saturated carbocycles. The molecule has 1 aromatic carbocycles. The molecule has 0 aliphatic heterocycles. The molecule has 28 heavy (non-hydrogen) atoms. The quantitative estimate of drug-likeness (QED) is 0.401. The van der Waals surface area contributed by atoms with Gasteiger partial charge in [-0.1, -0.05) is 18.2 Å². The average molecular weight is 394 g/mol. The van der Waals surface area contributed by atoms with Crippen molar-refractivity contribution >= 4 is 23.8 Å². The summed E-state index contributed by atoms with van der Waals surface area (Å²) in [6.07, 6.45) is 2.17. The van der Waals surface area contributed by atoms with Crippen LogP contribution in [0.25, 0.3) is 0 Å². The zero-order chi connectivity index (χ0) is 21.1. The first kappa shape index (κ1) is 22.8. The van der Waals surface area contributed by atoms with Gasteiger partial charge in [-0.3, -0.25) is 9.59 Å². The smallest absolute Gasteiger partial charge is 0.330 e. The van der Waals surface area contributed by atoms with E-state index >= 15 is 0 Å². The molecule has 3 N–H and O–H groups in total. The Kier molecular flexibility index (Phi) is 9.35. The highest BCUT2D eigenvalue weighted by atomic mass is 19.1. The lowest BCUT2D eigenvalue weighted by Crippen LogP contribution is -2.52. The summed E-state index contributed by atoms with van der Waals surface area (Å²) >= 11 is 0. The molecule has 0 fully saturated rings. The molecule has 0 aromatic heterocycles. The Morgan fingerprint density at radius 2 is 1.93 bits per heavy atom. The molecule has 0 saturated heterocycles. The summed E-state index contributed by atoms with van der Waals surface area (Å²) in [6, 6.07) is 3.11. The molecule has 152 valence electrons. The van der Waals surface area contributed by atoms with Crippen molar-refractivity contribution in [2.24, 2.45) is 0 Å². The van der Waals surface area contributed by atoms with Crippen molar-refractivity contribution in [1.82, 2.24) is 10.6 Å². The number of rotatable bonds is 10. The molecule has 9 heteroatoms. The number of carbonyl (C=O) groups is 4.